The van der Waals surface area contributed by atoms with Gasteiger partial charge < -0.3 is 9.80 Å². The summed E-state index contributed by atoms with van der Waals surface area (Å²) < 4.78 is 0. The molecule has 1 saturated carbocycles. The topological polar surface area (TPSA) is 43.9 Å². The Morgan fingerprint density at radius 2 is 1.61 bits per heavy atom. The summed E-state index contributed by atoms with van der Waals surface area (Å²) in [7, 11) is 0. The zero-order valence-electron chi connectivity index (χ0n) is 18.0. The average molecular weight is 436 g/mol. The van der Waals surface area contributed by atoms with Gasteiger partial charge in [0.2, 0.25) is 0 Å². The lowest BCUT2D eigenvalue weighted by molar-refractivity contribution is -0.141. The van der Waals surface area contributed by atoms with E-state index in [4.69, 9.17) is 0 Å². The predicted octanol–water partition coefficient (Wildman–Crippen LogP) is 4.29. The molecule has 2 amide bonds. The molecular formula is C25H29N3O2S. The number of amides is 2. The van der Waals surface area contributed by atoms with Crippen LogP contribution >= 0.6 is 11.3 Å². The number of aryl methyl sites for hydroxylation is 1. The molecule has 31 heavy (non-hydrogen) atoms. The Morgan fingerprint density at radius 3 is 2.29 bits per heavy atom. The van der Waals surface area contributed by atoms with Crippen molar-refractivity contribution in [3.05, 3.63) is 57.9 Å². The third-order valence-corrected chi connectivity index (χ3v) is 7.65. The molecule has 1 saturated heterocycles. The first kappa shape index (κ1) is 20.3. The standard InChI is InChI=1S/C25H29N3O2S/c1-18-7-5-10-20(17-18)26-12-14-27(15-13-26)23-22(21-11-6-16-31-21)24(29)28(25(23)30)19-8-3-2-4-9-19/h5-7,10-11,16-17,19H,2-4,8-9,12-15H2,1H3. The number of rotatable bonds is 4. The first-order valence-corrected chi connectivity index (χ1v) is 12.2. The minimum atomic E-state index is -0.0875. The van der Waals surface area contributed by atoms with Crippen molar-refractivity contribution in [1.82, 2.24) is 9.80 Å². The Balaban J connectivity index is 1.41. The Morgan fingerprint density at radius 1 is 0.871 bits per heavy atom. The summed E-state index contributed by atoms with van der Waals surface area (Å²) in [5, 5.41) is 1.98. The lowest BCUT2D eigenvalue weighted by Crippen LogP contribution is -2.48. The third-order valence-electron chi connectivity index (χ3n) is 6.76. The second-order valence-corrected chi connectivity index (χ2v) is 9.73. The second-order valence-electron chi connectivity index (χ2n) is 8.79. The summed E-state index contributed by atoms with van der Waals surface area (Å²) in [4.78, 5) is 34.2. The molecule has 1 aromatic heterocycles. The van der Waals surface area contributed by atoms with Crippen molar-refractivity contribution in [2.45, 2.75) is 45.1 Å². The summed E-state index contributed by atoms with van der Waals surface area (Å²) in [6.07, 6.45) is 5.26. The van der Waals surface area contributed by atoms with E-state index in [9.17, 15) is 9.59 Å². The number of thiophene rings is 1. The molecule has 0 spiro atoms. The molecule has 162 valence electrons. The van der Waals surface area contributed by atoms with Gasteiger partial charge in [0.05, 0.1) is 5.57 Å². The highest BCUT2D eigenvalue weighted by atomic mass is 32.1. The molecule has 2 aromatic rings. The van der Waals surface area contributed by atoms with Gasteiger partial charge in [-0.05, 0) is 48.9 Å². The van der Waals surface area contributed by atoms with E-state index in [0.717, 1.165) is 56.7 Å². The SMILES string of the molecule is Cc1cccc(N2CCN(C3=C(c4cccs4)C(=O)N(C4CCCCC4)C3=O)CC2)c1. The zero-order chi connectivity index (χ0) is 21.4. The van der Waals surface area contributed by atoms with Crippen molar-refractivity contribution in [1.29, 1.82) is 0 Å². The van der Waals surface area contributed by atoms with Crippen LogP contribution in [0.4, 0.5) is 5.69 Å². The van der Waals surface area contributed by atoms with Gasteiger partial charge in [0, 0.05) is 42.8 Å². The molecule has 0 unspecified atom stereocenters. The highest BCUT2D eigenvalue weighted by molar-refractivity contribution is 7.11. The number of imide groups is 1. The van der Waals surface area contributed by atoms with E-state index in [1.165, 1.54) is 17.7 Å². The van der Waals surface area contributed by atoms with Gasteiger partial charge in [0.1, 0.15) is 5.70 Å². The lowest BCUT2D eigenvalue weighted by Gasteiger charge is -2.38. The Bertz CT molecular complexity index is 1000. The fraction of sp³-hybridized carbons (Fsp3) is 0.440. The average Bonchev–Trinajstić information content (AvgIpc) is 3.40. The van der Waals surface area contributed by atoms with Gasteiger partial charge in [-0.3, -0.25) is 14.5 Å². The number of hydrogen-bond acceptors (Lipinski definition) is 5. The Labute approximate surface area is 187 Å². The zero-order valence-corrected chi connectivity index (χ0v) is 18.9. The largest absolute Gasteiger partial charge is 0.368 e. The Kier molecular flexibility index (Phi) is 5.57. The minimum absolute atomic E-state index is 0.0507. The molecule has 6 heteroatoms. The number of piperazine rings is 1. The van der Waals surface area contributed by atoms with Crippen LogP contribution in [0, 0.1) is 6.92 Å². The maximum Gasteiger partial charge on any atom is 0.278 e. The first-order chi connectivity index (χ1) is 15.1. The molecule has 0 atom stereocenters. The molecule has 0 bridgehead atoms. The van der Waals surface area contributed by atoms with E-state index in [0.29, 0.717) is 11.3 Å². The van der Waals surface area contributed by atoms with Gasteiger partial charge in [-0.1, -0.05) is 37.5 Å². The number of carbonyl (C=O) groups excluding carboxylic acids is 2. The maximum absolute atomic E-state index is 13.6. The smallest absolute Gasteiger partial charge is 0.278 e. The number of anilines is 1. The third kappa shape index (κ3) is 3.78. The number of carbonyl (C=O) groups is 2. The van der Waals surface area contributed by atoms with E-state index >= 15 is 0 Å². The van der Waals surface area contributed by atoms with Crippen molar-refractivity contribution in [2.75, 3.05) is 31.1 Å². The summed E-state index contributed by atoms with van der Waals surface area (Å²) in [5.41, 5.74) is 3.73. The molecule has 0 radical (unpaired) electrons. The molecular weight excluding hydrogens is 406 g/mol. The van der Waals surface area contributed by atoms with Crippen LogP contribution in [0.1, 0.15) is 42.5 Å². The molecule has 2 aliphatic heterocycles. The highest BCUT2D eigenvalue weighted by Crippen LogP contribution is 2.38. The first-order valence-electron chi connectivity index (χ1n) is 11.4. The van der Waals surface area contributed by atoms with Gasteiger partial charge in [-0.25, -0.2) is 0 Å². The quantitative estimate of drug-likeness (QED) is 0.672. The van der Waals surface area contributed by atoms with E-state index in [1.54, 1.807) is 16.2 Å². The molecule has 0 N–H and O–H groups in total. The normalized spacial score (nSPS) is 20.9. The van der Waals surface area contributed by atoms with Gasteiger partial charge in [-0.2, -0.15) is 0 Å². The highest BCUT2D eigenvalue weighted by Gasteiger charge is 2.45. The van der Waals surface area contributed by atoms with Crippen LogP contribution in [0.15, 0.2) is 47.5 Å². The van der Waals surface area contributed by atoms with Crippen molar-refractivity contribution in [3.8, 4) is 0 Å². The van der Waals surface area contributed by atoms with Gasteiger partial charge in [-0.15, -0.1) is 11.3 Å². The number of benzene rings is 1. The summed E-state index contributed by atoms with van der Waals surface area (Å²) >= 11 is 1.55. The fourth-order valence-electron chi connectivity index (χ4n) is 5.16. The molecule has 3 heterocycles. The monoisotopic (exact) mass is 435 g/mol. The molecule has 2 fully saturated rings. The Hall–Kier alpha value is -2.60. The summed E-state index contributed by atoms with van der Waals surface area (Å²) in [5.74, 6) is -0.167. The van der Waals surface area contributed by atoms with Crippen molar-refractivity contribution < 1.29 is 9.59 Å². The van der Waals surface area contributed by atoms with Crippen molar-refractivity contribution in [3.63, 3.8) is 0 Å². The molecule has 3 aliphatic rings. The van der Waals surface area contributed by atoms with Crippen LogP contribution in [0.2, 0.25) is 0 Å². The van der Waals surface area contributed by atoms with Crippen LogP contribution in [0.3, 0.4) is 0 Å². The van der Waals surface area contributed by atoms with Crippen LogP contribution in [-0.2, 0) is 9.59 Å². The summed E-state index contributed by atoms with van der Waals surface area (Å²) in [6, 6.07) is 12.5. The second kappa shape index (κ2) is 8.50. The van der Waals surface area contributed by atoms with Gasteiger partial charge in [0.25, 0.3) is 11.8 Å². The molecule has 5 nitrogen and oxygen atoms in total. The van der Waals surface area contributed by atoms with Crippen molar-refractivity contribution >= 4 is 34.4 Å². The molecule has 1 aliphatic carbocycles. The van der Waals surface area contributed by atoms with Crippen LogP contribution in [0.25, 0.3) is 5.57 Å². The molecule has 1 aromatic carbocycles. The van der Waals surface area contributed by atoms with E-state index in [2.05, 4.69) is 41.0 Å². The van der Waals surface area contributed by atoms with Crippen LogP contribution in [0.5, 0.6) is 0 Å². The van der Waals surface area contributed by atoms with Gasteiger partial charge >= 0.3 is 0 Å². The molecule has 5 rings (SSSR count). The minimum Gasteiger partial charge on any atom is -0.368 e. The maximum atomic E-state index is 13.6. The van der Waals surface area contributed by atoms with E-state index < -0.39 is 0 Å². The number of nitrogens with zero attached hydrogens (tertiary/aromatic N) is 3. The van der Waals surface area contributed by atoms with E-state index in [-0.39, 0.29) is 17.9 Å². The fourth-order valence-corrected chi connectivity index (χ4v) is 5.92. The summed E-state index contributed by atoms with van der Waals surface area (Å²) in [6.45, 7) is 5.29. The van der Waals surface area contributed by atoms with Crippen molar-refractivity contribution in [2.24, 2.45) is 0 Å². The van der Waals surface area contributed by atoms with Gasteiger partial charge in [0.15, 0.2) is 0 Å². The number of hydrogen-bond donors (Lipinski definition) is 0. The van der Waals surface area contributed by atoms with Crippen LogP contribution in [-0.4, -0.2) is 53.8 Å². The predicted molar refractivity (Wildman–Crippen MR) is 125 cm³/mol. The lowest BCUT2D eigenvalue weighted by atomic mass is 9.94. The van der Waals surface area contributed by atoms with E-state index in [1.807, 2.05) is 17.5 Å². The van der Waals surface area contributed by atoms with Crippen LogP contribution < -0.4 is 4.90 Å².